The molecule has 35 heavy (non-hydrogen) atoms. The van der Waals surface area contributed by atoms with E-state index in [1.165, 1.54) is 11.8 Å². The van der Waals surface area contributed by atoms with Crippen LogP contribution in [0.1, 0.15) is 20.8 Å². The number of para-hydroxylation sites is 2. The van der Waals surface area contributed by atoms with Gasteiger partial charge in [-0.1, -0.05) is 12.1 Å². The molecule has 186 valence electrons. The van der Waals surface area contributed by atoms with E-state index in [9.17, 15) is 13.2 Å². The highest BCUT2D eigenvalue weighted by Crippen LogP contribution is 2.33. The first kappa shape index (κ1) is 26.4. The van der Waals surface area contributed by atoms with Crippen molar-refractivity contribution in [3.05, 3.63) is 72.8 Å². The Kier molecular flexibility index (Phi) is 9.06. The molecule has 9 heteroatoms. The van der Waals surface area contributed by atoms with Crippen molar-refractivity contribution in [1.82, 2.24) is 0 Å². The molecule has 0 saturated carbocycles. The lowest BCUT2D eigenvalue weighted by molar-refractivity contribution is -0.114. The molecule has 3 aromatic carbocycles. The lowest BCUT2D eigenvalue weighted by atomic mass is 10.2. The lowest BCUT2D eigenvalue weighted by Gasteiger charge is -2.26. The van der Waals surface area contributed by atoms with Crippen molar-refractivity contribution >= 4 is 39.1 Å². The van der Waals surface area contributed by atoms with Gasteiger partial charge in [0.05, 0.1) is 23.3 Å². The lowest BCUT2D eigenvalue weighted by Crippen LogP contribution is -2.38. The largest absolute Gasteiger partial charge is 0.492 e. The summed E-state index contributed by atoms with van der Waals surface area (Å²) in [5, 5.41) is 2.77. The highest BCUT2D eigenvalue weighted by Gasteiger charge is 2.29. The predicted octanol–water partition coefficient (Wildman–Crippen LogP) is 5.43. The number of hydrogen-bond acceptors (Lipinski definition) is 6. The molecule has 3 aromatic rings. The minimum Gasteiger partial charge on any atom is -0.492 e. The number of benzene rings is 3. The zero-order chi connectivity index (χ0) is 25.4. The minimum atomic E-state index is -4.06. The van der Waals surface area contributed by atoms with Crippen molar-refractivity contribution in [2.75, 3.05) is 29.0 Å². The van der Waals surface area contributed by atoms with Gasteiger partial charge in [0, 0.05) is 10.6 Å². The molecule has 0 radical (unpaired) electrons. The second kappa shape index (κ2) is 12.0. The van der Waals surface area contributed by atoms with Crippen molar-refractivity contribution in [2.45, 2.75) is 36.7 Å². The Balaban J connectivity index is 1.92. The van der Waals surface area contributed by atoms with Crippen molar-refractivity contribution in [1.29, 1.82) is 0 Å². The molecular formula is C26H30N2O5S2. The Morgan fingerprint density at radius 2 is 1.66 bits per heavy atom. The maximum atomic E-state index is 13.7. The molecule has 3 rings (SSSR count). The molecule has 0 unspecified atom stereocenters. The smallest absolute Gasteiger partial charge is 0.264 e. The summed E-state index contributed by atoms with van der Waals surface area (Å²) in [5.74, 6) is 0.571. The normalized spacial score (nSPS) is 11.2. The van der Waals surface area contributed by atoms with Gasteiger partial charge in [0.15, 0.2) is 0 Å². The molecule has 1 N–H and O–H groups in total. The fraction of sp³-hybridized carbons (Fsp3) is 0.269. The van der Waals surface area contributed by atoms with Gasteiger partial charge in [-0.2, -0.15) is 0 Å². The highest BCUT2D eigenvalue weighted by atomic mass is 32.2. The Labute approximate surface area is 211 Å². The van der Waals surface area contributed by atoms with Gasteiger partial charge in [0.25, 0.3) is 10.0 Å². The van der Waals surface area contributed by atoms with Crippen molar-refractivity contribution in [3.8, 4) is 11.5 Å². The van der Waals surface area contributed by atoms with Crippen LogP contribution in [0.25, 0.3) is 0 Å². The van der Waals surface area contributed by atoms with E-state index in [1.54, 1.807) is 72.8 Å². The van der Waals surface area contributed by atoms with Gasteiger partial charge in [0.1, 0.15) is 18.0 Å². The van der Waals surface area contributed by atoms with Crippen molar-refractivity contribution in [3.63, 3.8) is 0 Å². The molecule has 1 amide bonds. The van der Waals surface area contributed by atoms with Gasteiger partial charge in [-0.25, -0.2) is 8.42 Å². The van der Waals surface area contributed by atoms with Crippen LogP contribution in [-0.4, -0.2) is 39.8 Å². The average Bonchev–Trinajstić information content (AvgIpc) is 2.84. The molecule has 0 aliphatic rings. The Hall–Kier alpha value is -3.17. The Morgan fingerprint density at radius 1 is 1.00 bits per heavy atom. The molecule has 0 spiro atoms. The van der Waals surface area contributed by atoms with Crippen LogP contribution in [0.15, 0.2) is 82.6 Å². The van der Waals surface area contributed by atoms with Crippen LogP contribution in [0.2, 0.25) is 0 Å². The second-order valence-electron chi connectivity index (χ2n) is 7.83. The summed E-state index contributed by atoms with van der Waals surface area (Å²) < 4.78 is 39.8. The zero-order valence-electron chi connectivity index (χ0n) is 20.2. The third kappa shape index (κ3) is 6.93. The third-order valence-electron chi connectivity index (χ3n) is 4.88. The number of thioether (sulfide) groups is 1. The van der Waals surface area contributed by atoms with E-state index < -0.39 is 22.5 Å². The number of nitrogens with zero attached hydrogens (tertiary/aromatic N) is 1. The summed E-state index contributed by atoms with van der Waals surface area (Å²) in [6.45, 7) is 5.60. The second-order valence-corrected chi connectivity index (χ2v) is 10.6. The quantitative estimate of drug-likeness (QED) is 0.344. The molecule has 0 aliphatic heterocycles. The monoisotopic (exact) mass is 514 g/mol. The number of nitrogens with one attached hydrogen (secondary N) is 1. The third-order valence-corrected chi connectivity index (χ3v) is 7.40. The van der Waals surface area contributed by atoms with Crippen LogP contribution in [0.3, 0.4) is 0 Å². The van der Waals surface area contributed by atoms with Crippen LogP contribution in [-0.2, 0) is 14.8 Å². The average molecular weight is 515 g/mol. The van der Waals surface area contributed by atoms with Gasteiger partial charge in [-0.05, 0) is 87.7 Å². The minimum absolute atomic E-state index is 0.0320. The number of amides is 1. The fourth-order valence-electron chi connectivity index (χ4n) is 3.34. The molecule has 0 saturated heterocycles. The van der Waals surface area contributed by atoms with Crippen LogP contribution >= 0.6 is 11.8 Å². The number of carbonyl (C=O) groups is 1. The number of carbonyl (C=O) groups excluding carboxylic acids is 1. The number of ether oxygens (including phenoxy) is 2. The standard InChI is InChI=1S/C26H30N2O5S2/c1-5-32-25-9-7-6-8-24(25)28(35(30,31)23-16-14-22(34-4)15-17-23)18-26(29)27-20-10-12-21(13-11-20)33-19(2)3/h6-17,19H,5,18H2,1-4H3,(H,27,29). The SMILES string of the molecule is CCOc1ccccc1N(CC(=O)Nc1ccc(OC(C)C)cc1)S(=O)(=O)c1ccc(SC)cc1. The first-order chi connectivity index (χ1) is 16.7. The predicted molar refractivity (Wildman–Crippen MR) is 141 cm³/mol. The van der Waals surface area contributed by atoms with Gasteiger partial charge < -0.3 is 14.8 Å². The van der Waals surface area contributed by atoms with E-state index in [-0.39, 0.29) is 11.0 Å². The van der Waals surface area contributed by atoms with Crippen LogP contribution in [0.5, 0.6) is 11.5 Å². The van der Waals surface area contributed by atoms with E-state index >= 15 is 0 Å². The maximum absolute atomic E-state index is 13.7. The van der Waals surface area contributed by atoms with Crippen LogP contribution in [0, 0.1) is 0 Å². The summed E-state index contributed by atoms with van der Waals surface area (Å²) in [6, 6.07) is 20.3. The Bertz CT molecular complexity index is 1230. The van der Waals surface area contributed by atoms with Gasteiger partial charge >= 0.3 is 0 Å². The number of sulfonamides is 1. The fourth-order valence-corrected chi connectivity index (χ4v) is 5.18. The summed E-state index contributed by atoms with van der Waals surface area (Å²) >= 11 is 1.52. The molecule has 0 aromatic heterocycles. The van der Waals surface area contributed by atoms with E-state index in [4.69, 9.17) is 9.47 Å². The van der Waals surface area contributed by atoms with Crippen LogP contribution in [0.4, 0.5) is 11.4 Å². The van der Waals surface area contributed by atoms with E-state index in [0.29, 0.717) is 29.5 Å². The summed E-state index contributed by atoms with van der Waals surface area (Å²) in [5.41, 5.74) is 0.824. The van der Waals surface area contributed by atoms with E-state index in [1.807, 2.05) is 27.0 Å². The van der Waals surface area contributed by atoms with Crippen molar-refractivity contribution < 1.29 is 22.7 Å². The summed E-state index contributed by atoms with van der Waals surface area (Å²) in [4.78, 5) is 14.0. The molecule has 0 heterocycles. The Morgan fingerprint density at radius 3 is 2.26 bits per heavy atom. The van der Waals surface area contributed by atoms with Crippen molar-refractivity contribution in [2.24, 2.45) is 0 Å². The maximum Gasteiger partial charge on any atom is 0.264 e. The van der Waals surface area contributed by atoms with Gasteiger partial charge in [0.2, 0.25) is 5.91 Å². The molecular weight excluding hydrogens is 484 g/mol. The topological polar surface area (TPSA) is 84.9 Å². The number of rotatable bonds is 11. The van der Waals surface area contributed by atoms with E-state index in [0.717, 1.165) is 9.20 Å². The first-order valence-corrected chi connectivity index (χ1v) is 13.9. The summed E-state index contributed by atoms with van der Waals surface area (Å²) in [7, 11) is -4.06. The number of hydrogen-bond donors (Lipinski definition) is 1. The number of anilines is 2. The molecule has 0 bridgehead atoms. The van der Waals surface area contributed by atoms with E-state index in [2.05, 4.69) is 5.32 Å². The summed E-state index contributed by atoms with van der Waals surface area (Å²) in [6.07, 6.45) is 1.95. The zero-order valence-corrected chi connectivity index (χ0v) is 21.9. The molecule has 7 nitrogen and oxygen atoms in total. The molecule has 0 atom stereocenters. The van der Waals surface area contributed by atoms with Gasteiger partial charge in [-0.3, -0.25) is 9.10 Å². The molecule has 0 aliphatic carbocycles. The molecule has 0 fully saturated rings. The van der Waals surface area contributed by atoms with Gasteiger partial charge in [-0.15, -0.1) is 11.8 Å². The van der Waals surface area contributed by atoms with Crippen LogP contribution < -0.4 is 19.1 Å². The first-order valence-electron chi connectivity index (χ1n) is 11.2. The highest BCUT2D eigenvalue weighted by molar-refractivity contribution is 7.98.